The Labute approximate surface area is 127 Å². The summed E-state index contributed by atoms with van der Waals surface area (Å²) >= 11 is 2.04. The second kappa shape index (κ2) is 6.86. The van der Waals surface area contributed by atoms with Crippen molar-refractivity contribution in [2.45, 2.75) is 56.4 Å². The third-order valence-electron chi connectivity index (χ3n) is 4.72. The number of hydrogen-bond donors (Lipinski definition) is 2. The molecular formula is C17H26N2S. The van der Waals surface area contributed by atoms with Crippen LogP contribution < -0.4 is 10.6 Å². The van der Waals surface area contributed by atoms with Crippen LogP contribution in [0.25, 0.3) is 0 Å². The van der Waals surface area contributed by atoms with Gasteiger partial charge in [0, 0.05) is 30.1 Å². The number of benzene rings is 1. The Kier molecular flexibility index (Phi) is 4.90. The second-order valence-corrected chi connectivity index (χ2v) is 7.10. The van der Waals surface area contributed by atoms with Crippen molar-refractivity contribution < 1.29 is 0 Å². The lowest BCUT2D eigenvalue weighted by Crippen LogP contribution is -2.40. The van der Waals surface area contributed by atoms with E-state index in [9.17, 15) is 0 Å². The van der Waals surface area contributed by atoms with E-state index in [0.717, 1.165) is 18.3 Å². The first-order chi connectivity index (χ1) is 9.88. The number of anilines is 1. The maximum atomic E-state index is 3.83. The van der Waals surface area contributed by atoms with Crippen LogP contribution in [0.2, 0.25) is 0 Å². The lowest BCUT2D eigenvalue weighted by Gasteiger charge is -2.31. The quantitative estimate of drug-likeness (QED) is 0.882. The van der Waals surface area contributed by atoms with E-state index in [1.807, 2.05) is 11.8 Å². The molecule has 2 atom stereocenters. The summed E-state index contributed by atoms with van der Waals surface area (Å²) < 4.78 is 0. The molecule has 0 saturated heterocycles. The molecule has 1 saturated carbocycles. The SMILES string of the molecule is CSC1CCCCC1NCc1cccc2c1NCCC2. The predicted molar refractivity (Wildman–Crippen MR) is 89.7 cm³/mol. The van der Waals surface area contributed by atoms with Crippen LogP contribution in [0.4, 0.5) is 5.69 Å². The number of thioether (sulfide) groups is 1. The fourth-order valence-electron chi connectivity index (χ4n) is 3.58. The maximum absolute atomic E-state index is 3.83. The largest absolute Gasteiger partial charge is 0.385 e. The van der Waals surface area contributed by atoms with Gasteiger partial charge in [0.1, 0.15) is 0 Å². The molecule has 1 fully saturated rings. The highest BCUT2D eigenvalue weighted by molar-refractivity contribution is 7.99. The van der Waals surface area contributed by atoms with Gasteiger partial charge in [0.05, 0.1) is 0 Å². The average molecular weight is 290 g/mol. The first-order valence-electron chi connectivity index (χ1n) is 7.99. The van der Waals surface area contributed by atoms with Crippen molar-refractivity contribution in [2.75, 3.05) is 18.1 Å². The molecule has 1 heterocycles. The molecule has 1 aromatic rings. The van der Waals surface area contributed by atoms with Crippen LogP contribution in [-0.4, -0.2) is 24.1 Å². The molecule has 2 N–H and O–H groups in total. The van der Waals surface area contributed by atoms with Gasteiger partial charge in [0.25, 0.3) is 0 Å². The molecule has 0 spiro atoms. The number of rotatable bonds is 4. The monoisotopic (exact) mass is 290 g/mol. The molecule has 0 amide bonds. The Balaban J connectivity index is 1.66. The summed E-state index contributed by atoms with van der Waals surface area (Å²) in [4.78, 5) is 0. The molecule has 2 unspecified atom stereocenters. The van der Waals surface area contributed by atoms with Gasteiger partial charge in [-0.1, -0.05) is 31.0 Å². The topological polar surface area (TPSA) is 24.1 Å². The molecule has 1 aliphatic carbocycles. The molecule has 2 aliphatic rings. The summed E-state index contributed by atoms with van der Waals surface area (Å²) in [6, 6.07) is 7.46. The van der Waals surface area contributed by atoms with Crippen molar-refractivity contribution in [1.82, 2.24) is 5.32 Å². The van der Waals surface area contributed by atoms with Gasteiger partial charge in [0.2, 0.25) is 0 Å². The van der Waals surface area contributed by atoms with Crippen molar-refractivity contribution in [3.63, 3.8) is 0 Å². The second-order valence-electron chi connectivity index (χ2n) is 6.03. The zero-order chi connectivity index (χ0) is 13.8. The minimum absolute atomic E-state index is 0.693. The maximum Gasteiger partial charge on any atom is 0.0418 e. The number of fused-ring (bicyclic) bond motifs is 1. The molecule has 0 radical (unpaired) electrons. The van der Waals surface area contributed by atoms with E-state index >= 15 is 0 Å². The molecule has 0 bridgehead atoms. The van der Waals surface area contributed by atoms with E-state index in [2.05, 4.69) is 35.1 Å². The summed E-state index contributed by atoms with van der Waals surface area (Å²) in [5, 5.41) is 8.23. The standard InChI is InChI=1S/C17H26N2S/c1-20-16-10-3-2-9-15(16)19-12-14-7-4-6-13-8-5-11-18-17(13)14/h4,6-7,15-16,18-19H,2-3,5,8-12H2,1H3. The van der Waals surface area contributed by atoms with Crippen molar-refractivity contribution in [3.05, 3.63) is 29.3 Å². The van der Waals surface area contributed by atoms with Crippen molar-refractivity contribution in [3.8, 4) is 0 Å². The van der Waals surface area contributed by atoms with E-state index in [1.54, 1.807) is 0 Å². The summed E-state index contributed by atoms with van der Waals surface area (Å²) in [6.45, 7) is 2.14. The fourth-order valence-corrected chi connectivity index (χ4v) is 4.54. The molecule has 2 nitrogen and oxygen atoms in total. The van der Waals surface area contributed by atoms with Gasteiger partial charge in [-0.15, -0.1) is 0 Å². The van der Waals surface area contributed by atoms with Crippen LogP contribution in [0.3, 0.4) is 0 Å². The van der Waals surface area contributed by atoms with Gasteiger partial charge in [-0.3, -0.25) is 0 Å². The van der Waals surface area contributed by atoms with E-state index in [0.29, 0.717) is 6.04 Å². The van der Waals surface area contributed by atoms with Crippen molar-refractivity contribution in [1.29, 1.82) is 0 Å². The molecule has 1 aliphatic heterocycles. The molecule has 110 valence electrons. The zero-order valence-corrected chi connectivity index (χ0v) is 13.3. The Hall–Kier alpha value is -0.670. The van der Waals surface area contributed by atoms with Crippen LogP contribution in [0, 0.1) is 0 Å². The van der Waals surface area contributed by atoms with E-state index in [-0.39, 0.29) is 0 Å². The van der Waals surface area contributed by atoms with E-state index in [4.69, 9.17) is 0 Å². The Morgan fingerprint density at radius 2 is 2.15 bits per heavy atom. The molecular weight excluding hydrogens is 264 g/mol. The van der Waals surface area contributed by atoms with Crippen molar-refractivity contribution in [2.24, 2.45) is 0 Å². The molecule has 20 heavy (non-hydrogen) atoms. The van der Waals surface area contributed by atoms with Crippen LogP contribution in [0.1, 0.15) is 43.2 Å². The van der Waals surface area contributed by atoms with Gasteiger partial charge in [-0.2, -0.15) is 11.8 Å². The van der Waals surface area contributed by atoms with Crippen LogP contribution in [0.5, 0.6) is 0 Å². The summed E-state index contributed by atoms with van der Waals surface area (Å²) in [7, 11) is 0. The first kappa shape index (κ1) is 14.3. The number of hydrogen-bond acceptors (Lipinski definition) is 3. The third kappa shape index (κ3) is 3.15. The highest BCUT2D eigenvalue weighted by atomic mass is 32.2. The Bertz CT molecular complexity index is 447. The van der Waals surface area contributed by atoms with Crippen LogP contribution in [0.15, 0.2) is 18.2 Å². The summed E-state index contributed by atoms with van der Waals surface area (Å²) in [6.07, 6.45) is 10.3. The van der Waals surface area contributed by atoms with Crippen molar-refractivity contribution >= 4 is 17.4 Å². The Morgan fingerprint density at radius 1 is 1.25 bits per heavy atom. The smallest absolute Gasteiger partial charge is 0.0418 e. The zero-order valence-electron chi connectivity index (χ0n) is 12.5. The van der Waals surface area contributed by atoms with Gasteiger partial charge >= 0.3 is 0 Å². The highest BCUT2D eigenvalue weighted by Crippen LogP contribution is 2.29. The lowest BCUT2D eigenvalue weighted by atomic mass is 9.94. The van der Waals surface area contributed by atoms with E-state index in [1.165, 1.54) is 55.3 Å². The number of para-hydroxylation sites is 1. The van der Waals surface area contributed by atoms with Gasteiger partial charge in [-0.25, -0.2) is 0 Å². The normalized spacial score (nSPS) is 25.9. The van der Waals surface area contributed by atoms with Crippen LogP contribution >= 0.6 is 11.8 Å². The molecule has 3 rings (SSSR count). The first-order valence-corrected chi connectivity index (χ1v) is 9.28. The minimum Gasteiger partial charge on any atom is -0.385 e. The summed E-state index contributed by atoms with van der Waals surface area (Å²) in [5.74, 6) is 0. The van der Waals surface area contributed by atoms with Crippen LogP contribution in [-0.2, 0) is 13.0 Å². The summed E-state index contributed by atoms with van der Waals surface area (Å²) in [5.41, 5.74) is 4.36. The highest BCUT2D eigenvalue weighted by Gasteiger charge is 2.24. The minimum atomic E-state index is 0.693. The lowest BCUT2D eigenvalue weighted by molar-refractivity contribution is 0.383. The van der Waals surface area contributed by atoms with E-state index < -0.39 is 0 Å². The predicted octanol–water partition coefficient (Wildman–Crippen LogP) is 3.81. The fraction of sp³-hybridized carbons (Fsp3) is 0.647. The molecule has 1 aromatic carbocycles. The molecule has 0 aromatic heterocycles. The van der Waals surface area contributed by atoms with Gasteiger partial charge < -0.3 is 10.6 Å². The Morgan fingerprint density at radius 3 is 3.05 bits per heavy atom. The third-order valence-corrected chi connectivity index (χ3v) is 5.89. The average Bonchev–Trinajstić information content (AvgIpc) is 2.53. The number of aryl methyl sites for hydroxylation is 1. The number of nitrogens with one attached hydrogen (secondary N) is 2. The van der Waals surface area contributed by atoms with Gasteiger partial charge in [-0.05, 0) is 43.1 Å². The molecule has 3 heteroatoms. The van der Waals surface area contributed by atoms with Gasteiger partial charge in [0.15, 0.2) is 0 Å².